The Hall–Kier alpha value is -1.88. The van der Waals surface area contributed by atoms with Crippen LogP contribution in [0.5, 0.6) is 0 Å². The molecule has 2 saturated heterocycles. The highest BCUT2D eigenvalue weighted by molar-refractivity contribution is 5.90. The van der Waals surface area contributed by atoms with Crippen molar-refractivity contribution in [1.29, 1.82) is 0 Å². The Labute approximate surface area is 180 Å². The van der Waals surface area contributed by atoms with Crippen molar-refractivity contribution in [2.75, 3.05) is 13.2 Å². The number of rotatable bonds is 10. The highest BCUT2D eigenvalue weighted by Crippen LogP contribution is 2.46. The van der Waals surface area contributed by atoms with E-state index in [1.54, 1.807) is 0 Å². The van der Waals surface area contributed by atoms with Crippen LogP contribution in [0.25, 0.3) is 0 Å². The van der Waals surface area contributed by atoms with Crippen LogP contribution >= 0.6 is 0 Å². The number of carbonyl (C=O) groups is 1. The van der Waals surface area contributed by atoms with E-state index < -0.39 is 6.04 Å². The van der Waals surface area contributed by atoms with Gasteiger partial charge in [0, 0.05) is 12.5 Å². The van der Waals surface area contributed by atoms with Gasteiger partial charge in [-0.25, -0.2) is 4.99 Å². The maximum absolute atomic E-state index is 12.5. The summed E-state index contributed by atoms with van der Waals surface area (Å²) in [6.07, 6.45) is 9.22. The van der Waals surface area contributed by atoms with Crippen molar-refractivity contribution in [2.24, 2.45) is 16.8 Å². The Bertz CT molecular complexity index is 763. The SMILES string of the molecule is CCCCCNC(=O)C1COC([C@H]2[C@@H](Cc3ccccc3CCC)[C@@H]3CC[C@H]2O3)=N1. The Balaban J connectivity index is 1.44. The molecule has 1 aromatic carbocycles. The first kappa shape index (κ1) is 21.4. The van der Waals surface area contributed by atoms with Crippen LogP contribution in [0.3, 0.4) is 0 Å². The first-order valence-corrected chi connectivity index (χ1v) is 11.9. The number of amides is 1. The smallest absolute Gasteiger partial charge is 0.248 e. The topological polar surface area (TPSA) is 59.9 Å². The van der Waals surface area contributed by atoms with Gasteiger partial charge in [-0.05, 0) is 43.2 Å². The fourth-order valence-corrected chi connectivity index (χ4v) is 5.31. The fourth-order valence-electron chi connectivity index (χ4n) is 5.31. The number of aryl methyl sites for hydroxylation is 1. The number of benzene rings is 1. The van der Waals surface area contributed by atoms with Gasteiger partial charge in [0.1, 0.15) is 6.61 Å². The van der Waals surface area contributed by atoms with Gasteiger partial charge < -0.3 is 14.8 Å². The van der Waals surface area contributed by atoms with Gasteiger partial charge >= 0.3 is 0 Å². The van der Waals surface area contributed by atoms with Gasteiger partial charge in [-0.15, -0.1) is 0 Å². The molecule has 4 rings (SSSR count). The summed E-state index contributed by atoms with van der Waals surface area (Å²) in [5.74, 6) is 1.31. The number of hydrogen-bond acceptors (Lipinski definition) is 4. The quantitative estimate of drug-likeness (QED) is 0.589. The number of fused-ring (bicyclic) bond motifs is 2. The van der Waals surface area contributed by atoms with Crippen molar-refractivity contribution in [3.63, 3.8) is 0 Å². The van der Waals surface area contributed by atoms with E-state index in [0.717, 1.165) is 63.8 Å². The molecular formula is C25H36N2O3. The van der Waals surface area contributed by atoms with Crippen molar-refractivity contribution in [1.82, 2.24) is 5.32 Å². The molecule has 0 aliphatic carbocycles. The standard InChI is InChI=1S/C25H36N2O3/c1-3-5-8-14-26-24(28)20-16-29-25(27-20)23-19(21-12-13-22(23)30-21)15-18-11-7-6-10-17(18)9-4-2/h6-7,10-11,19-23H,3-5,8-9,12-16H2,1-2H3,(H,26,28)/t19-,20?,21-,22+,23-/m0/s1. The predicted molar refractivity (Wildman–Crippen MR) is 119 cm³/mol. The van der Waals surface area contributed by atoms with E-state index in [9.17, 15) is 4.79 Å². The highest BCUT2D eigenvalue weighted by Gasteiger charge is 2.52. The molecule has 5 heteroatoms. The van der Waals surface area contributed by atoms with Crippen LogP contribution in [0.15, 0.2) is 29.3 Å². The zero-order valence-corrected chi connectivity index (χ0v) is 18.4. The molecule has 1 aromatic rings. The third-order valence-corrected chi connectivity index (χ3v) is 6.86. The van der Waals surface area contributed by atoms with Crippen LogP contribution < -0.4 is 5.32 Å². The number of nitrogens with one attached hydrogen (secondary N) is 1. The molecule has 3 aliphatic heterocycles. The van der Waals surface area contributed by atoms with Crippen molar-refractivity contribution >= 4 is 11.8 Å². The summed E-state index contributed by atoms with van der Waals surface area (Å²) >= 11 is 0. The average Bonchev–Trinajstić information content (AvgIpc) is 3.49. The molecule has 30 heavy (non-hydrogen) atoms. The fraction of sp³-hybridized carbons (Fsp3) is 0.680. The number of aliphatic imine (C=N–C) groups is 1. The van der Waals surface area contributed by atoms with E-state index in [1.165, 1.54) is 11.1 Å². The van der Waals surface area contributed by atoms with E-state index in [1.807, 2.05) is 0 Å². The van der Waals surface area contributed by atoms with Crippen LogP contribution in [0.2, 0.25) is 0 Å². The van der Waals surface area contributed by atoms with E-state index in [2.05, 4.69) is 43.4 Å². The van der Waals surface area contributed by atoms with Crippen LogP contribution in [-0.2, 0) is 27.1 Å². The summed E-state index contributed by atoms with van der Waals surface area (Å²) in [6, 6.07) is 8.38. The summed E-state index contributed by atoms with van der Waals surface area (Å²) in [7, 11) is 0. The molecule has 1 N–H and O–H groups in total. The van der Waals surface area contributed by atoms with Crippen molar-refractivity contribution < 1.29 is 14.3 Å². The lowest BCUT2D eigenvalue weighted by Gasteiger charge is -2.28. The Kier molecular flexibility index (Phi) is 7.08. The molecule has 0 radical (unpaired) electrons. The van der Waals surface area contributed by atoms with E-state index in [-0.39, 0.29) is 24.0 Å². The van der Waals surface area contributed by atoms with Crippen molar-refractivity contribution in [3.8, 4) is 0 Å². The Morgan fingerprint density at radius 2 is 1.90 bits per heavy atom. The second-order valence-electron chi connectivity index (χ2n) is 9.00. The number of carbonyl (C=O) groups excluding carboxylic acids is 1. The van der Waals surface area contributed by atoms with Crippen molar-refractivity contribution in [2.45, 2.75) is 83.5 Å². The van der Waals surface area contributed by atoms with E-state index >= 15 is 0 Å². The molecule has 3 heterocycles. The maximum Gasteiger partial charge on any atom is 0.248 e. The minimum absolute atomic E-state index is 0.00461. The lowest BCUT2D eigenvalue weighted by molar-refractivity contribution is -0.122. The molecule has 164 valence electrons. The second-order valence-corrected chi connectivity index (χ2v) is 9.00. The first-order valence-electron chi connectivity index (χ1n) is 11.9. The van der Waals surface area contributed by atoms with Gasteiger partial charge in [0.2, 0.25) is 5.91 Å². The predicted octanol–water partition coefficient (Wildman–Crippen LogP) is 4.08. The zero-order valence-electron chi connectivity index (χ0n) is 18.4. The molecule has 0 saturated carbocycles. The second kappa shape index (κ2) is 9.95. The highest BCUT2D eigenvalue weighted by atomic mass is 16.5. The van der Waals surface area contributed by atoms with E-state index in [4.69, 9.17) is 14.5 Å². The van der Waals surface area contributed by atoms with Crippen molar-refractivity contribution in [3.05, 3.63) is 35.4 Å². The zero-order chi connectivity index (χ0) is 20.9. The lowest BCUT2D eigenvalue weighted by Crippen LogP contribution is -2.35. The minimum Gasteiger partial charge on any atom is -0.478 e. The molecule has 2 fully saturated rings. The molecular weight excluding hydrogens is 376 g/mol. The molecule has 5 nitrogen and oxygen atoms in total. The molecule has 3 aliphatic rings. The summed E-state index contributed by atoms with van der Waals surface area (Å²) < 4.78 is 12.3. The Morgan fingerprint density at radius 1 is 1.10 bits per heavy atom. The largest absolute Gasteiger partial charge is 0.478 e. The van der Waals surface area contributed by atoms with Crippen LogP contribution in [0.1, 0.15) is 63.5 Å². The lowest BCUT2D eigenvalue weighted by atomic mass is 9.75. The monoisotopic (exact) mass is 412 g/mol. The summed E-state index contributed by atoms with van der Waals surface area (Å²) in [5.41, 5.74) is 2.87. The average molecular weight is 413 g/mol. The Morgan fingerprint density at radius 3 is 2.70 bits per heavy atom. The molecule has 0 spiro atoms. The van der Waals surface area contributed by atoms with Gasteiger partial charge in [-0.3, -0.25) is 4.79 Å². The van der Waals surface area contributed by atoms with E-state index in [0.29, 0.717) is 12.5 Å². The van der Waals surface area contributed by atoms with Gasteiger partial charge in [-0.2, -0.15) is 0 Å². The maximum atomic E-state index is 12.5. The molecule has 5 atom stereocenters. The number of hydrogen-bond donors (Lipinski definition) is 1. The molecule has 1 amide bonds. The number of ether oxygens (including phenoxy) is 2. The van der Waals surface area contributed by atoms with Gasteiger partial charge in [0.15, 0.2) is 11.9 Å². The molecule has 0 aromatic heterocycles. The third-order valence-electron chi connectivity index (χ3n) is 6.86. The van der Waals surface area contributed by atoms with Crippen LogP contribution in [-0.4, -0.2) is 43.2 Å². The van der Waals surface area contributed by atoms with Gasteiger partial charge in [-0.1, -0.05) is 57.4 Å². The number of nitrogens with zero attached hydrogens (tertiary/aromatic N) is 1. The van der Waals surface area contributed by atoms with Crippen LogP contribution in [0.4, 0.5) is 0 Å². The van der Waals surface area contributed by atoms with Gasteiger partial charge in [0.25, 0.3) is 0 Å². The summed E-state index contributed by atoms with van der Waals surface area (Å²) in [4.78, 5) is 17.2. The van der Waals surface area contributed by atoms with Crippen LogP contribution in [0, 0.1) is 11.8 Å². The first-order chi connectivity index (χ1) is 14.7. The summed E-state index contributed by atoms with van der Waals surface area (Å²) in [6.45, 7) is 5.48. The number of unbranched alkanes of at least 4 members (excludes halogenated alkanes) is 2. The normalized spacial score (nSPS) is 29.7. The minimum atomic E-state index is -0.409. The molecule has 2 bridgehead atoms. The van der Waals surface area contributed by atoms with Gasteiger partial charge in [0.05, 0.1) is 18.1 Å². The third kappa shape index (κ3) is 4.56. The summed E-state index contributed by atoms with van der Waals surface area (Å²) in [5, 5.41) is 3.02. The molecule has 1 unspecified atom stereocenters.